The minimum atomic E-state index is 0.198. The van der Waals surface area contributed by atoms with Crippen LogP contribution in [0.2, 0.25) is 5.02 Å². The van der Waals surface area contributed by atoms with E-state index in [0.29, 0.717) is 5.52 Å². The summed E-state index contributed by atoms with van der Waals surface area (Å²) in [4.78, 5) is 4.44. The molecule has 0 fully saturated rings. The van der Waals surface area contributed by atoms with Gasteiger partial charge in [-0.3, -0.25) is 0 Å². The molecule has 3 rings (SSSR count). The molecule has 2 nitrogen and oxygen atoms in total. The molecule has 2 aromatic carbocycles. The number of para-hydroxylation sites is 1. The molecule has 0 spiro atoms. The smallest absolute Gasteiger partial charge is 0.141 e. The van der Waals surface area contributed by atoms with E-state index < -0.39 is 0 Å². The van der Waals surface area contributed by atoms with E-state index in [2.05, 4.69) is 4.98 Å². The van der Waals surface area contributed by atoms with Crippen molar-refractivity contribution in [2.45, 2.75) is 0 Å². The van der Waals surface area contributed by atoms with Crippen LogP contribution in [0.1, 0.15) is 11.3 Å². The van der Waals surface area contributed by atoms with Crippen LogP contribution in [0.5, 0.6) is 5.75 Å². The molecule has 1 aromatic heterocycles. The number of halogens is 1. The lowest BCUT2D eigenvalue weighted by molar-refractivity contribution is 0.480. The molecule has 0 radical (unpaired) electrons. The SMILES string of the molecule is Oc1cccc2ccc(C=Cc3ccc(Cl)cc3)nc12. The van der Waals surface area contributed by atoms with Crippen LogP contribution in [0.4, 0.5) is 0 Å². The van der Waals surface area contributed by atoms with Crippen LogP contribution in [0.3, 0.4) is 0 Å². The van der Waals surface area contributed by atoms with Gasteiger partial charge in [-0.1, -0.05) is 48.0 Å². The summed E-state index contributed by atoms with van der Waals surface area (Å²) in [7, 11) is 0. The average molecular weight is 282 g/mol. The number of rotatable bonds is 2. The molecule has 0 amide bonds. The second-order valence-electron chi connectivity index (χ2n) is 4.47. The van der Waals surface area contributed by atoms with E-state index in [1.165, 1.54) is 0 Å². The Kier molecular flexibility index (Phi) is 3.40. The number of phenols is 1. The van der Waals surface area contributed by atoms with Gasteiger partial charge < -0.3 is 5.11 Å². The van der Waals surface area contributed by atoms with Gasteiger partial charge in [-0.15, -0.1) is 0 Å². The Bertz CT molecular complexity index is 779. The first kappa shape index (κ1) is 12.7. The lowest BCUT2D eigenvalue weighted by atomic mass is 10.1. The first-order chi connectivity index (χ1) is 9.72. The van der Waals surface area contributed by atoms with Gasteiger partial charge >= 0.3 is 0 Å². The zero-order valence-electron chi connectivity index (χ0n) is 10.6. The molecular formula is C17H12ClNO. The highest BCUT2D eigenvalue weighted by Gasteiger charge is 2.00. The van der Waals surface area contributed by atoms with Crippen molar-refractivity contribution < 1.29 is 5.11 Å². The zero-order valence-corrected chi connectivity index (χ0v) is 11.4. The average Bonchev–Trinajstić information content (AvgIpc) is 2.47. The number of aromatic hydroxyl groups is 1. The van der Waals surface area contributed by atoms with Crippen LogP contribution < -0.4 is 0 Å². The van der Waals surface area contributed by atoms with Crippen molar-refractivity contribution in [2.75, 3.05) is 0 Å². The lowest BCUT2D eigenvalue weighted by Crippen LogP contribution is -1.83. The summed E-state index contributed by atoms with van der Waals surface area (Å²) in [6.45, 7) is 0. The molecule has 0 aliphatic rings. The molecule has 98 valence electrons. The fourth-order valence-corrected chi connectivity index (χ4v) is 2.12. The molecule has 0 saturated carbocycles. The van der Waals surface area contributed by atoms with Crippen molar-refractivity contribution in [3.8, 4) is 5.75 Å². The van der Waals surface area contributed by atoms with Crippen LogP contribution in [0, 0.1) is 0 Å². The second kappa shape index (κ2) is 5.35. The summed E-state index contributed by atoms with van der Waals surface area (Å²) in [5.74, 6) is 0.198. The lowest BCUT2D eigenvalue weighted by Gasteiger charge is -2.01. The van der Waals surface area contributed by atoms with E-state index in [-0.39, 0.29) is 5.75 Å². The zero-order chi connectivity index (χ0) is 13.9. The molecule has 0 aliphatic heterocycles. The molecule has 0 unspecified atom stereocenters. The van der Waals surface area contributed by atoms with Crippen LogP contribution >= 0.6 is 11.6 Å². The number of hydrogen-bond acceptors (Lipinski definition) is 2. The highest BCUT2D eigenvalue weighted by atomic mass is 35.5. The van der Waals surface area contributed by atoms with E-state index in [1.54, 1.807) is 6.07 Å². The summed E-state index contributed by atoms with van der Waals surface area (Å²) >= 11 is 5.85. The first-order valence-electron chi connectivity index (χ1n) is 6.25. The van der Waals surface area contributed by atoms with Gasteiger partial charge in [0.1, 0.15) is 11.3 Å². The summed E-state index contributed by atoms with van der Waals surface area (Å²) in [6.07, 6.45) is 3.87. The molecule has 0 atom stereocenters. The third-order valence-electron chi connectivity index (χ3n) is 3.04. The van der Waals surface area contributed by atoms with Crippen molar-refractivity contribution in [3.63, 3.8) is 0 Å². The van der Waals surface area contributed by atoms with Gasteiger partial charge in [0.2, 0.25) is 0 Å². The normalized spacial score (nSPS) is 11.2. The van der Waals surface area contributed by atoms with Crippen molar-refractivity contribution in [1.82, 2.24) is 4.98 Å². The van der Waals surface area contributed by atoms with Crippen LogP contribution in [0.25, 0.3) is 23.1 Å². The number of phenolic OH excluding ortho intramolecular Hbond substituents is 1. The van der Waals surface area contributed by atoms with E-state index in [9.17, 15) is 5.11 Å². The molecule has 3 heteroatoms. The van der Waals surface area contributed by atoms with Gasteiger partial charge in [-0.25, -0.2) is 4.98 Å². The minimum Gasteiger partial charge on any atom is -0.506 e. The van der Waals surface area contributed by atoms with E-state index in [4.69, 9.17) is 11.6 Å². The third-order valence-corrected chi connectivity index (χ3v) is 3.29. The van der Waals surface area contributed by atoms with Gasteiger partial charge in [0, 0.05) is 10.4 Å². The Morgan fingerprint density at radius 3 is 2.50 bits per heavy atom. The number of pyridine rings is 1. The van der Waals surface area contributed by atoms with Gasteiger partial charge in [-0.05, 0) is 35.9 Å². The Labute approximate surface area is 122 Å². The monoisotopic (exact) mass is 281 g/mol. The molecule has 20 heavy (non-hydrogen) atoms. The standard InChI is InChI=1S/C17H12ClNO/c18-14-8-4-12(5-9-14)6-10-15-11-7-13-2-1-3-16(20)17(13)19-15/h1-11,20H. The predicted molar refractivity (Wildman–Crippen MR) is 83.8 cm³/mol. The highest BCUT2D eigenvalue weighted by molar-refractivity contribution is 6.30. The van der Waals surface area contributed by atoms with Crippen molar-refractivity contribution in [3.05, 3.63) is 70.9 Å². The Balaban J connectivity index is 1.94. The Hall–Kier alpha value is -2.32. The van der Waals surface area contributed by atoms with Crippen LogP contribution in [-0.2, 0) is 0 Å². The molecular weight excluding hydrogens is 270 g/mol. The largest absolute Gasteiger partial charge is 0.506 e. The predicted octanol–water partition coefficient (Wildman–Crippen LogP) is 4.76. The number of nitrogens with zero attached hydrogens (tertiary/aromatic N) is 1. The second-order valence-corrected chi connectivity index (χ2v) is 4.91. The quantitative estimate of drug-likeness (QED) is 0.734. The topological polar surface area (TPSA) is 33.1 Å². The maximum atomic E-state index is 9.81. The molecule has 1 heterocycles. The minimum absolute atomic E-state index is 0.198. The molecule has 0 saturated heterocycles. The number of fused-ring (bicyclic) bond motifs is 1. The van der Waals surface area contributed by atoms with Crippen LogP contribution in [0.15, 0.2) is 54.6 Å². The number of aromatic nitrogens is 1. The molecule has 0 bridgehead atoms. The fraction of sp³-hybridized carbons (Fsp3) is 0. The summed E-state index contributed by atoms with van der Waals surface area (Å²) in [6, 6.07) is 16.8. The van der Waals surface area contributed by atoms with Gasteiger partial charge in [0.15, 0.2) is 0 Å². The molecule has 3 aromatic rings. The van der Waals surface area contributed by atoms with Crippen molar-refractivity contribution in [1.29, 1.82) is 0 Å². The maximum Gasteiger partial charge on any atom is 0.141 e. The van der Waals surface area contributed by atoms with E-state index >= 15 is 0 Å². The van der Waals surface area contributed by atoms with Gasteiger partial charge in [0.05, 0.1) is 5.69 Å². The fourth-order valence-electron chi connectivity index (χ4n) is 1.99. The molecule has 1 N–H and O–H groups in total. The highest BCUT2D eigenvalue weighted by Crippen LogP contribution is 2.23. The van der Waals surface area contributed by atoms with Crippen molar-refractivity contribution in [2.24, 2.45) is 0 Å². The summed E-state index contributed by atoms with van der Waals surface area (Å²) < 4.78 is 0. The van der Waals surface area contributed by atoms with Gasteiger partial charge in [-0.2, -0.15) is 0 Å². The van der Waals surface area contributed by atoms with E-state index in [1.807, 2.05) is 60.7 Å². The van der Waals surface area contributed by atoms with Gasteiger partial charge in [0.25, 0.3) is 0 Å². The number of hydrogen-bond donors (Lipinski definition) is 1. The summed E-state index contributed by atoms with van der Waals surface area (Å²) in [5.41, 5.74) is 2.47. The maximum absolute atomic E-state index is 9.81. The van der Waals surface area contributed by atoms with Crippen molar-refractivity contribution >= 4 is 34.7 Å². The third kappa shape index (κ3) is 2.65. The van der Waals surface area contributed by atoms with Crippen LogP contribution in [-0.4, -0.2) is 10.1 Å². The first-order valence-corrected chi connectivity index (χ1v) is 6.62. The number of benzene rings is 2. The Morgan fingerprint density at radius 2 is 1.70 bits per heavy atom. The summed E-state index contributed by atoms with van der Waals surface area (Å²) in [5, 5.41) is 11.5. The van der Waals surface area contributed by atoms with E-state index in [0.717, 1.165) is 21.7 Å². The Morgan fingerprint density at radius 1 is 0.900 bits per heavy atom. The molecule has 0 aliphatic carbocycles.